The van der Waals surface area contributed by atoms with E-state index in [0.717, 1.165) is 0 Å². The fourth-order valence-corrected chi connectivity index (χ4v) is 0.657. The predicted octanol–water partition coefficient (Wildman–Crippen LogP) is 2.05. The van der Waals surface area contributed by atoms with Crippen molar-refractivity contribution in [3.05, 3.63) is 57.8 Å². The van der Waals surface area contributed by atoms with Crippen molar-refractivity contribution in [2.45, 2.75) is 19.4 Å². The van der Waals surface area contributed by atoms with Crippen molar-refractivity contribution in [3.8, 4) is 0 Å². The maximum atomic E-state index is 7.50. The average Bonchev–Trinajstić information content (AvgIpc) is 2.35. The molecule has 0 N–H and O–H groups in total. The van der Waals surface area contributed by atoms with Crippen LogP contribution in [0.5, 0.6) is 0 Å². The first-order chi connectivity index (χ1) is 8.14. The van der Waals surface area contributed by atoms with Gasteiger partial charge in [-0.2, -0.15) is 0 Å². The largest absolute Gasteiger partial charge is 0 e. The molecule has 0 heterocycles. The van der Waals surface area contributed by atoms with Gasteiger partial charge in [0, 0.05) is 23.0 Å². The van der Waals surface area contributed by atoms with E-state index in [9.17, 15) is 0 Å². The van der Waals surface area contributed by atoms with Gasteiger partial charge in [-0.1, -0.05) is 6.08 Å². The van der Waals surface area contributed by atoms with E-state index >= 15 is 0 Å². The Morgan fingerprint density at radius 2 is 1.56 bits per heavy atom. The van der Waals surface area contributed by atoms with E-state index in [1.54, 1.807) is 0 Å². The van der Waals surface area contributed by atoms with Crippen LogP contribution >= 0.6 is 0 Å². The summed E-state index contributed by atoms with van der Waals surface area (Å²) in [5.74, 6) is 1.25. The van der Waals surface area contributed by atoms with Gasteiger partial charge in [0.05, 0.1) is 12.2 Å². The van der Waals surface area contributed by atoms with Crippen molar-refractivity contribution in [2.24, 2.45) is 0 Å². The molecule has 0 aromatic rings. The molecule has 0 aromatic heterocycles. The summed E-state index contributed by atoms with van der Waals surface area (Å²) in [7, 11) is 0. The van der Waals surface area contributed by atoms with Gasteiger partial charge < -0.3 is 4.74 Å². The number of rotatable bonds is 4. The van der Waals surface area contributed by atoms with Gasteiger partial charge in [-0.25, -0.2) is 0 Å². The van der Waals surface area contributed by atoms with Gasteiger partial charge in [0.1, 0.15) is 0 Å². The summed E-state index contributed by atoms with van der Waals surface area (Å²) in [6.45, 7) is 21.9. The van der Waals surface area contributed by atoms with Crippen LogP contribution in [-0.2, 0) is 35.8 Å². The number of hydrogen-bond acceptors (Lipinski definition) is 1. The normalized spacial score (nSPS) is 12.2. The molecule has 0 aromatic carbocycles. The van der Waals surface area contributed by atoms with Crippen molar-refractivity contribution < 1.29 is 35.8 Å². The fraction of sp³-hybridized carbons (Fsp3) is 0.308. The van der Waals surface area contributed by atoms with Crippen LogP contribution in [-0.4, -0.2) is 12.2 Å². The van der Waals surface area contributed by atoms with Crippen molar-refractivity contribution in [3.63, 3.8) is 0 Å². The molecule has 0 atom stereocenters. The second-order valence-corrected chi connectivity index (χ2v) is 3.20. The summed E-state index contributed by atoms with van der Waals surface area (Å²) < 4.78 is 28.0. The monoisotopic (exact) mass is 290 g/mol. The molecule has 1 rings (SSSR count). The summed E-state index contributed by atoms with van der Waals surface area (Å²) in [6, 6.07) is 0. The van der Waals surface area contributed by atoms with Crippen molar-refractivity contribution in [1.29, 1.82) is 0 Å². The molecule has 5 heteroatoms. The molecular formula is C13H14FeO4. The molecule has 0 spiro atoms. The van der Waals surface area contributed by atoms with Gasteiger partial charge in [0.2, 0.25) is 0 Å². The quantitative estimate of drug-likeness (QED) is 0.338. The first kappa shape index (κ1) is 26.1. The van der Waals surface area contributed by atoms with Gasteiger partial charge in [-0.3, -0.25) is 0 Å². The predicted molar refractivity (Wildman–Crippen MR) is 58.2 cm³/mol. The smallest absolute Gasteiger partial charge is 0 e. The summed E-state index contributed by atoms with van der Waals surface area (Å²) in [5.41, 5.74) is -0.204. The van der Waals surface area contributed by atoms with Crippen LogP contribution in [0.2, 0.25) is 0 Å². The molecule has 4 nitrogen and oxygen atoms in total. The molecular weight excluding hydrogens is 276 g/mol. The van der Waals surface area contributed by atoms with E-state index in [1.807, 2.05) is 26.3 Å². The summed E-state index contributed by atoms with van der Waals surface area (Å²) in [5, 5.41) is 0. The van der Waals surface area contributed by atoms with Crippen LogP contribution in [0, 0.1) is 45.1 Å². The van der Waals surface area contributed by atoms with Crippen LogP contribution in [0.3, 0.4) is 0 Å². The van der Waals surface area contributed by atoms with Crippen LogP contribution in [0.25, 0.3) is 0 Å². The molecule has 0 unspecified atom stereocenters. The van der Waals surface area contributed by atoms with Gasteiger partial charge in [-0.05, 0) is 33.1 Å². The second kappa shape index (κ2) is 18.8. The van der Waals surface area contributed by atoms with E-state index < -0.39 is 0 Å². The first-order valence-corrected chi connectivity index (χ1v) is 4.40. The Bertz CT molecular complexity index is 225. The zero-order chi connectivity index (χ0) is 14.3. The molecule has 1 saturated carbocycles. The van der Waals surface area contributed by atoms with Gasteiger partial charge in [0.25, 0.3) is 0 Å². The third-order valence-corrected chi connectivity index (χ3v) is 1.72. The summed E-state index contributed by atoms with van der Waals surface area (Å²) in [4.78, 5) is 0. The third kappa shape index (κ3) is 15.4. The minimum Gasteiger partial charge on any atom is 0 e. The Morgan fingerprint density at radius 3 is 1.78 bits per heavy atom. The molecule has 0 bridgehead atoms. The SMILES string of the molecule is C=CC(C)(C)OC[C]1[CH][CH][CH]1.[C-]#[O+].[C-]#[O+].[C-]#[O+].[Fe]. The average molecular weight is 290 g/mol. The molecule has 18 heavy (non-hydrogen) atoms. The Hall–Kier alpha value is -0.561. The maximum Gasteiger partial charge on any atom is 0 e. The second-order valence-electron chi connectivity index (χ2n) is 3.20. The molecule has 0 aliphatic heterocycles. The maximum absolute atomic E-state index is 7.50. The van der Waals surface area contributed by atoms with Crippen LogP contribution in [0.1, 0.15) is 13.8 Å². The molecule has 0 saturated heterocycles. The van der Waals surface area contributed by atoms with Crippen LogP contribution < -0.4 is 0 Å². The molecule has 0 amide bonds. The van der Waals surface area contributed by atoms with Gasteiger partial charge >= 0.3 is 33.9 Å². The van der Waals surface area contributed by atoms with E-state index in [-0.39, 0.29) is 22.7 Å². The van der Waals surface area contributed by atoms with Crippen LogP contribution in [0.15, 0.2) is 12.7 Å². The van der Waals surface area contributed by atoms with E-state index in [0.29, 0.717) is 6.61 Å². The van der Waals surface area contributed by atoms with Crippen LogP contribution in [0.4, 0.5) is 0 Å². The molecule has 1 fully saturated rings. The fourth-order valence-electron chi connectivity index (χ4n) is 0.657. The molecule has 1 aliphatic rings. The number of hydrogen-bond donors (Lipinski definition) is 0. The van der Waals surface area contributed by atoms with Crippen molar-refractivity contribution >= 4 is 0 Å². The van der Waals surface area contributed by atoms with Gasteiger partial charge in [0.15, 0.2) is 0 Å². The summed E-state index contributed by atoms with van der Waals surface area (Å²) >= 11 is 0. The van der Waals surface area contributed by atoms with Gasteiger partial charge in [-0.15, -0.1) is 6.58 Å². The Kier molecular flexibility index (Phi) is 27.2. The topological polar surface area (TPSA) is 68.9 Å². The Labute approximate surface area is 120 Å². The van der Waals surface area contributed by atoms with E-state index in [2.05, 4.69) is 39.4 Å². The number of ether oxygens (including phenoxy) is 1. The van der Waals surface area contributed by atoms with E-state index in [1.165, 1.54) is 5.92 Å². The molecule has 1 aliphatic carbocycles. The zero-order valence-corrected chi connectivity index (χ0v) is 11.3. The minimum atomic E-state index is -0.204. The Morgan fingerprint density at radius 1 is 1.17 bits per heavy atom. The third-order valence-electron chi connectivity index (χ3n) is 1.72. The minimum absolute atomic E-state index is 0. The standard InChI is InChI=1S/C10H14O.3CO.Fe/c1-4-10(2,3)11-8-9-6-5-7-9;3*1-2;/h4-7H,1,8H2,2-3H3;;;;. The van der Waals surface area contributed by atoms with Crippen molar-refractivity contribution in [1.82, 2.24) is 0 Å². The molecule has 4 radical (unpaired) electrons. The zero-order valence-electron chi connectivity index (χ0n) is 10.2. The van der Waals surface area contributed by atoms with Crippen molar-refractivity contribution in [2.75, 3.05) is 6.61 Å². The van der Waals surface area contributed by atoms with E-state index in [4.69, 9.17) is 18.7 Å². The first-order valence-electron chi connectivity index (χ1n) is 4.40. The molecule has 98 valence electrons. The summed E-state index contributed by atoms with van der Waals surface area (Å²) in [6.07, 6.45) is 7.94. The Balaban J connectivity index is -0.000000123.